The smallest absolute Gasteiger partial charge is 0.176 e. The summed E-state index contributed by atoms with van der Waals surface area (Å²) in [5.74, 6) is 1.46. The van der Waals surface area contributed by atoms with Crippen molar-refractivity contribution in [3.05, 3.63) is 60.4 Å². The normalized spacial score (nSPS) is 10.9. The fourth-order valence-electron chi connectivity index (χ4n) is 2.22. The van der Waals surface area contributed by atoms with Gasteiger partial charge in [-0.1, -0.05) is 12.1 Å². The monoisotopic (exact) mass is 270 g/mol. The van der Waals surface area contributed by atoms with Crippen LogP contribution in [0.5, 0.6) is 0 Å². The van der Waals surface area contributed by atoms with E-state index >= 15 is 0 Å². The third kappa shape index (κ3) is 2.47. The van der Waals surface area contributed by atoms with Gasteiger partial charge in [-0.05, 0) is 24.1 Å². The summed E-state index contributed by atoms with van der Waals surface area (Å²) in [6, 6.07) is 6.69. The van der Waals surface area contributed by atoms with Gasteiger partial charge in [-0.3, -0.25) is 0 Å². The Kier molecular flexibility index (Phi) is 3.33. The van der Waals surface area contributed by atoms with Crippen molar-refractivity contribution >= 4 is 0 Å². The highest BCUT2D eigenvalue weighted by Crippen LogP contribution is 2.15. The Morgan fingerprint density at radius 1 is 1.10 bits per heavy atom. The van der Waals surface area contributed by atoms with Crippen LogP contribution in [0.25, 0.3) is 11.6 Å². The van der Waals surface area contributed by atoms with Gasteiger partial charge in [0.1, 0.15) is 5.82 Å². The van der Waals surface area contributed by atoms with Crippen LogP contribution in [-0.2, 0) is 20.0 Å². The third-order valence-electron chi connectivity index (χ3n) is 3.27. The molecule has 5 heteroatoms. The lowest BCUT2D eigenvalue weighted by Gasteiger charge is -2.08. The van der Waals surface area contributed by atoms with E-state index in [1.165, 1.54) is 6.07 Å². The summed E-state index contributed by atoms with van der Waals surface area (Å²) in [6.07, 6.45) is 8.08. The average molecular weight is 270 g/mol. The van der Waals surface area contributed by atoms with Gasteiger partial charge in [0, 0.05) is 38.4 Å². The second-order valence-electron chi connectivity index (χ2n) is 4.69. The number of aromatic nitrogens is 4. The van der Waals surface area contributed by atoms with Crippen LogP contribution in [0.3, 0.4) is 0 Å². The summed E-state index contributed by atoms with van der Waals surface area (Å²) < 4.78 is 17.1. The van der Waals surface area contributed by atoms with E-state index < -0.39 is 0 Å². The van der Waals surface area contributed by atoms with Crippen LogP contribution >= 0.6 is 0 Å². The molecule has 102 valence electrons. The Morgan fingerprint density at radius 3 is 2.65 bits per heavy atom. The maximum atomic E-state index is 13.2. The first kappa shape index (κ1) is 12.6. The summed E-state index contributed by atoms with van der Waals surface area (Å²) >= 11 is 0. The van der Waals surface area contributed by atoms with Gasteiger partial charge in [0.25, 0.3) is 0 Å². The molecule has 3 aromatic rings. The van der Waals surface area contributed by atoms with Gasteiger partial charge in [0.05, 0.1) is 0 Å². The first-order valence-electron chi connectivity index (χ1n) is 6.47. The van der Waals surface area contributed by atoms with E-state index in [0.29, 0.717) is 0 Å². The number of nitrogens with zero attached hydrogens (tertiary/aromatic N) is 4. The molecule has 0 aliphatic rings. The average Bonchev–Trinajstić information content (AvgIpc) is 3.04. The molecule has 4 nitrogen and oxygen atoms in total. The Morgan fingerprint density at radius 2 is 1.90 bits per heavy atom. The number of hydrogen-bond donors (Lipinski definition) is 0. The Labute approximate surface area is 116 Å². The standard InChI is InChI=1S/C15H15FN4/c1-19-9-6-17-14(19)15-18-7-10-20(15)8-5-12-3-2-4-13(16)11-12/h2-4,6-7,9-11H,5,8H2,1H3. The fraction of sp³-hybridized carbons (Fsp3) is 0.200. The van der Waals surface area contributed by atoms with Gasteiger partial charge in [0.2, 0.25) is 0 Å². The Hall–Kier alpha value is -2.43. The molecule has 1 aromatic carbocycles. The molecule has 2 heterocycles. The molecule has 3 rings (SSSR count). The van der Waals surface area contributed by atoms with Gasteiger partial charge in [-0.15, -0.1) is 0 Å². The predicted molar refractivity (Wildman–Crippen MR) is 74.5 cm³/mol. The molecular weight excluding hydrogens is 255 g/mol. The van der Waals surface area contributed by atoms with Crippen molar-refractivity contribution in [2.75, 3.05) is 0 Å². The van der Waals surface area contributed by atoms with Crippen molar-refractivity contribution in [1.29, 1.82) is 0 Å². The number of benzene rings is 1. The molecule has 0 amide bonds. The SMILES string of the molecule is Cn1ccnc1-c1nccn1CCc1cccc(F)c1. The van der Waals surface area contributed by atoms with Crippen molar-refractivity contribution in [2.24, 2.45) is 7.05 Å². The molecule has 2 aromatic heterocycles. The summed E-state index contributed by atoms with van der Waals surface area (Å²) in [4.78, 5) is 8.66. The summed E-state index contributed by atoms with van der Waals surface area (Å²) in [6.45, 7) is 0.742. The largest absolute Gasteiger partial charge is 0.331 e. The zero-order chi connectivity index (χ0) is 13.9. The maximum Gasteiger partial charge on any atom is 0.176 e. The van der Waals surface area contributed by atoms with E-state index in [1.54, 1.807) is 24.5 Å². The highest BCUT2D eigenvalue weighted by molar-refractivity contribution is 5.44. The topological polar surface area (TPSA) is 35.6 Å². The number of hydrogen-bond acceptors (Lipinski definition) is 2. The van der Waals surface area contributed by atoms with E-state index in [2.05, 4.69) is 9.97 Å². The maximum absolute atomic E-state index is 13.2. The molecule has 0 bridgehead atoms. The second-order valence-corrected chi connectivity index (χ2v) is 4.69. The minimum Gasteiger partial charge on any atom is -0.331 e. The quantitative estimate of drug-likeness (QED) is 0.730. The van der Waals surface area contributed by atoms with Crippen LogP contribution in [0.2, 0.25) is 0 Å². The summed E-state index contributed by atoms with van der Waals surface area (Å²) in [5.41, 5.74) is 0.976. The first-order valence-corrected chi connectivity index (χ1v) is 6.47. The lowest BCUT2D eigenvalue weighted by molar-refractivity contribution is 0.621. The first-order chi connectivity index (χ1) is 9.74. The third-order valence-corrected chi connectivity index (χ3v) is 3.27. The molecule has 0 saturated carbocycles. The van der Waals surface area contributed by atoms with Gasteiger partial charge < -0.3 is 9.13 Å². The Balaban J connectivity index is 1.79. The van der Waals surface area contributed by atoms with Crippen LogP contribution in [0.15, 0.2) is 49.1 Å². The lowest BCUT2D eigenvalue weighted by Crippen LogP contribution is -2.05. The van der Waals surface area contributed by atoms with Crippen LogP contribution in [0.1, 0.15) is 5.56 Å². The van der Waals surface area contributed by atoms with Crippen molar-refractivity contribution in [3.63, 3.8) is 0 Å². The minimum absolute atomic E-state index is 0.197. The predicted octanol–water partition coefficient (Wildman–Crippen LogP) is 2.67. The second kappa shape index (κ2) is 5.28. The van der Waals surface area contributed by atoms with Crippen LogP contribution in [0.4, 0.5) is 4.39 Å². The van der Waals surface area contributed by atoms with Gasteiger partial charge in [0.15, 0.2) is 11.6 Å². The molecule has 0 N–H and O–H groups in total. The van der Waals surface area contributed by atoms with E-state index in [0.717, 1.165) is 30.2 Å². The fourth-order valence-corrected chi connectivity index (χ4v) is 2.22. The molecule has 0 atom stereocenters. The number of rotatable bonds is 4. The van der Waals surface area contributed by atoms with Crippen molar-refractivity contribution in [1.82, 2.24) is 19.1 Å². The van der Waals surface area contributed by atoms with E-state index in [9.17, 15) is 4.39 Å². The van der Waals surface area contributed by atoms with Crippen molar-refractivity contribution in [2.45, 2.75) is 13.0 Å². The molecule has 0 aliphatic heterocycles. The number of halogens is 1. The molecule has 0 radical (unpaired) electrons. The molecule has 0 fully saturated rings. The highest BCUT2D eigenvalue weighted by atomic mass is 19.1. The minimum atomic E-state index is -0.197. The van der Waals surface area contributed by atoms with Crippen LogP contribution in [0, 0.1) is 5.82 Å². The number of aryl methyl sites for hydroxylation is 3. The molecule has 0 spiro atoms. The van der Waals surface area contributed by atoms with Gasteiger partial charge >= 0.3 is 0 Å². The Bertz CT molecular complexity index is 714. The van der Waals surface area contributed by atoms with Crippen LogP contribution < -0.4 is 0 Å². The molecule has 0 saturated heterocycles. The van der Waals surface area contributed by atoms with Gasteiger partial charge in [-0.25, -0.2) is 14.4 Å². The lowest BCUT2D eigenvalue weighted by atomic mass is 10.1. The molecular formula is C15H15FN4. The molecule has 20 heavy (non-hydrogen) atoms. The van der Waals surface area contributed by atoms with Crippen molar-refractivity contribution in [3.8, 4) is 11.6 Å². The van der Waals surface area contributed by atoms with Crippen LogP contribution in [-0.4, -0.2) is 19.1 Å². The van der Waals surface area contributed by atoms with E-state index in [1.807, 2.05) is 34.6 Å². The summed E-state index contributed by atoms with van der Waals surface area (Å²) in [5, 5.41) is 0. The molecule has 0 unspecified atom stereocenters. The van der Waals surface area contributed by atoms with E-state index in [-0.39, 0.29) is 5.82 Å². The van der Waals surface area contributed by atoms with Gasteiger partial charge in [-0.2, -0.15) is 0 Å². The zero-order valence-electron chi connectivity index (χ0n) is 11.2. The zero-order valence-corrected chi connectivity index (χ0v) is 11.2. The highest BCUT2D eigenvalue weighted by Gasteiger charge is 2.10. The molecule has 0 aliphatic carbocycles. The van der Waals surface area contributed by atoms with Crippen molar-refractivity contribution < 1.29 is 4.39 Å². The summed E-state index contributed by atoms with van der Waals surface area (Å²) in [7, 11) is 1.94. The van der Waals surface area contributed by atoms with E-state index in [4.69, 9.17) is 0 Å². The number of imidazole rings is 2.